The summed E-state index contributed by atoms with van der Waals surface area (Å²) in [5, 5.41) is 7.82. The number of furan rings is 1. The molecule has 0 fully saturated rings. The van der Waals surface area contributed by atoms with Crippen LogP contribution in [0, 0.1) is 0 Å². The zero-order valence-corrected chi connectivity index (χ0v) is 18.1. The molecule has 0 radical (unpaired) electrons. The molecule has 27 heavy (non-hydrogen) atoms. The smallest absolute Gasteiger partial charge is 0.191 e. The van der Waals surface area contributed by atoms with Crippen LogP contribution >= 0.6 is 24.0 Å². The van der Waals surface area contributed by atoms with Crippen LogP contribution in [-0.2, 0) is 12.8 Å². The van der Waals surface area contributed by atoms with Gasteiger partial charge in [-0.15, -0.1) is 24.0 Å². The Bertz CT molecular complexity index is 843. The second-order valence-corrected chi connectivity index (χ2v) is 5.96. The molecule has 3 N–H and O–H groups in total. The Kier molecular flexibility index (Phi) is 8.50. The van der Waals surface area contributed by atoms with Crippen LogP contribution in [0.5, 0.6) is 5.75 Å². The predicted octanol–water partition coefficient (Wildman–Crippen LogP) is 3.73. The van der Waals surface area contributed by atoms with E-state index in [1.807, 2.05) is 24.3 Å². The van der Waals surface area contributed by atoms with Crippen molar-refractivity contribution in [2.75, 3.05) is 26.7 Å². The van der Waals surface area contributed by atoms with Crippen molar-refractivity contribution >= 4 is 40.8 Å². The lowest BCUT2D eigenvalue weighted by molar-refractivity contribution is 0.419. The number of nitrogens with one attached hydrogen (secondary N) is 3. The van der Waals surface area contributed by atoms with E-state index in [9.17, 15) is 0 Å². The van der Waals surface area contributed by atoms with E-state index in [-0.39, 0.29) is 24.0 Å². The maximum absolute atomic E-state index is 5.50. The van der Waals surface area contributed by atoms with Crippen LogP contribution in [0.25, 0.3) is 10.9 Å². The highest BCUT2D eigenvalue weighted by molar-refractivity contribution is 14.0. The van der Waals surface area contributed by atoms with Crippen molar-refractivity contribution in [3.05, 3.63) is 54.1 Å². The van der Waals surface area contributed by atoms with Gasteiger partial charge in [-0.3, -0.25) is 4.99 Å². The van der Waals surface area contributed by atoms with Crippen LogP contribution in [-0.4, -0.2) is 37.7 Å². The minimum absolute atomic E-state index is 0. The SMILES string of the molecule is CCNC(=NCCc1ccco1)NCCc1c[nH]c2cccc(OC)c12.I. The number of ether oxygens (including phenoxy) is 1. The monoisotopic (exact) mass is 482 g/mol. The molecule has 0 aliphatic heterocycles. The third-order valence-corrected chi connectivity index (χ3v) is 4.21. The van der Waals surface area contributed by atoms with Gasteiger partial charge in [-0.25, -0.2) is 0 Å². The third-order valence-electron chi connectivity index (χ3n) is 4.21. The van der Waals surface area contributed by atoms with E-state index >= 15 is 0 Å². The van der Waals surface area contributed by atoms with Crippen LogP contribution < -0.4 is 15.4 Å². The summed E-state index contributed by atoms with van der Waals surface area (Å²) in [6.07, 6.45) is 5.42. The van der Waals surface area contributed by atoms with Crippen LogP contribution in [0.15, 0.2) is 52.2 Å². The van der Waals surface area contributed by atoms with Crippen molar-refractivity contribution in [2.24, 2.45) is 4.99 Å². The van der Waals surface area contributed by atoms with Crippen molar-refractivity contribution < 1.29 is 9.15 Å². The highest BCUT2D eigenvalue weighted by atomic mass is 127. The molecule has 0 atom stereocenters. The van der Waals surface area contributed by atoms with Gasteiger partial charge in [0.25, 0.3) is 0 Å². The normalized spacial score (nSPS) is 11.3. The number of aliphatic imine (C=N–C) groups is 1. The van der Waals surface area contributed by atoms with Crippen molar-refractivity contribution in [1.29, 1.82) is 0 Å². The largest absolute Gasteiger partial charge is 0.496 e. The fourth-order valence-electron chi connectivity index (χ4n) is 2.98. The van der Waals surface area contributed by atoms with Crippen molar-refractivity contribution in [3.8, 4) is 5.75 Å². The first-order chi connectivity index (χ1) is 12.8. The number of hydrogen-bond acceptors (Lipinski definition) is 3. The van der Waals surface area contributed by atoms with Crippen LogP contribution in [0.3, 0.4) is 0 Å². The maximum Gasteiger partial charge on any atom is 0.191 e. The maximum atomic E-state index is 5.50. The molecule has 3 aromatic rings. The predicted molar refractivity (Wildman–Crippen MR) is 120 cm³/mol. The third kappa shape index (κ3) is 5.66. The average molecular weight is 482 g/mol. The van der Waals surface area contributed by atoms with Crippen molar-refractivity contribution in [1.82, 2.24) is 15.6 Å². The van der Waals surface area contributed by atoms with E-state index in [1.165, 1.54) is 5.56 Å². The summed E-state index contributed by atoms with van der Waals surface area (Å²) >= 11 is 0. The summed E-state index contributed by atoms with van der Waals surface area (Å²) in [5.41, 5.74) is 2.33. The zero-order chi connectivity index (χ0) is 18.2. The van der Waals surface area contributed by atoms with E-state index in [2.05, 4.69) is 39.8 Å². The molecule has 146 valence electrons. The van der Waals surface area contributed by atoms with E-state index in [1.54, 1.807) is 13.4 Å². The number of aromatic amines is 1. The number of nitrogens with zero attached hydrogens (tertiary/aromatic N) is 1. The Morgan fingerprint density at radius 3 is 2.81 bits per heavy atom. The number of hydrogen-bond donors (Lipinski definition) is 3. The molecule has 7 heteroatoms. The van der Waals surface area contributed by atoms with Gasteiger partial charge in [0.1, 0.15) is 11.5 Å². The van der Waals surface area contributed by atoms with E-state index in [4.69, 9.17) is 9.15 Å². The second kappa shape index (κ2) is 10.9. The molecule has 0 bridgehead atoms. The molecule has 0 spiro atoms. The summed E-state index contributed by atoms with van der Waals surface area (Å²) in [6, 6.07) is 9.93. The first-order valence-electron chi connectivity index (χ1n) is 8.99. The highest BCUT2D eigenvalue weighted by Crippen LogP contribution is 2.28. The minimum Gasteiger partial charge on any atom is -0.496 e. The Hall–Kier alpha value is -2.16. The molecule has 0 unspecified atom stereocenters. The molecule has 1 aromatic carbocycles. The number of H-pyrrole nitrogens is 1. The summed E-state index contributed by atoms with van der Waals surface area (Å²) in [4.78, 5) is 7.92. The number of rotatable bonds is 8. The number of benzene rings is 1. The van der Waals surface area contributed by atoms with Gasteiger partial charge in [0.2, 0.25) is 0 Å². The fourth-order valence-corrected chi connectivity index (χ4v) is 2.98. The molecule has 2 heterocycles. The molecule has 0 amide bonds. The minimum atomic E-state index is 0. The van der Waals surface area contributed by atoms with E-state index < -0.39 is 0 Å². The van der Waals surface area contributed by atoms with Crippen molar-refractivity contribution in [3.63, 3.8) is 0 Å². The number of guanidine groups is 1. The molecule has 2 aromatic heterocycles. The Balaban J connectivity index is 0.00000261. The van der Waals surface area contributed by atoms with Gasteiger partial charge in [0.15, 0.2) is 5.96 Å². The zero-order valence-electron chi connectivity index (χ0n) is 15.7. The molecule has 6 nitrogen and oxygen atoms in total. The van der Waals surface area contributed by atoms with Gasteiger partial charge in [0, 0.05) is 43.2 Å². The topological polar surface area (TPSA) is 74.6 Å². The highest BCUT2D eigenvalue weighted by Gasteiger charge is 2.09. The van der Waals surface area contributed by atoms with Crippen LogP contribution in [0.1, 0.15) is 18.2 Å². The fraction of sp³-hybridized carbons (Fsp3) is 0.350. The second-order valence-electron chi connectivity index (χ2n) is 5.96. The lowest BCUT2D eigenvalue weighted by Gasteiger charge is -2.11. The standard InChI is InChI=1S/C20H26N4O2.HI/c1-3-21-20(23-12-10-16-6-5-13-26-16)22-11-9-15-14-24-17-7-4-8-18(25-2)19(15)17;/h4-8,13-14,24H,3,9-12H2,1-2H3,(H2,21,22,23);1H. The average Bonchev–Trinajstić information content (AvgIpc) is 3.31. The molecule has 3 rings (SSSR count). The van der Waals surface area contributed by atoms with Gasteiger partial charge in [-0.1, -0.05) is 6.07 Å². The summed E-state index contributed by atoms with van der Waals surface area (Å²) in [7, 11) is 1.71. The lowest BCUT2D eigenvalue weighted by atomic mass is 10.1. The Morgan fingerprint density at radius 1 is 1.19 bits per heavy atom. The molecule has 0 aliphatic carbocycles. The Labute approximate surface area is 176 Å². The van der Waals surface area contributed by atoms with E-state index in [0.29, 0.717) is 6.54 Å². The molecule has 0 aliphatic rings. The molecular weight excluding hydrogens is 455 g/mol. The van der Waals surface area contributed by atoms with Gasteiger partial charge in [0.05, 0.1) is 13.4 Å². The van der Waals surface area contributed by atoms with Gasteiger partial charge < -0.3 is 24.8 Å². The Morgan fingerprint density at radius 2 is 2.07 bits per heavy atom. The summed E-state index contributed by atoms with van der Waals surface area (Å²) < 4.78 is 10.8. The molecule has 0 saturated carbocycles. The van der Waals surface area contributed by atoms with E-state index in [0.717, 1.165) is 54.3 Å². The van der Waals surface area contributed by atoms with Gasteiger partial charge in [-0.05, 0) is 43.2 Å². The summed E-state index contributed by atoms with van der Waals surface area (Å²) in [6.45, 7) is 4.36. The first-order valence-corrected chi connectivity index (χ1v) is 8.99. The molecule has 0 saturated heterocycles. The van der Waals surface area contributed by atoms with Gasteiger partial charge >= 0.3 is 0 Å². The van der Waals surface area contributed by atoms with Gasteiger partial charge in [-0.2, -0.15) is 0 Å². The number of methoxy groups -OCH3 is 1. The van der Waals surface area contributed by atoms with Crippen LogP contribution in [0.2, 0.25) is 0 Å². The number of fused-ring (bicyclic) bond motifs is 1. The quantitative estimate of drug-likeness (QED) is 0.260. The lowest BCUT2D eigenvalue weighted by Crippen LogP contribution is -2.38. The number of aromatic nitrogens is 1. The first kappa shape index (κ1) is 21.1. The van der Waals surface area contributed by atoms with Crippen molar-refractivity contribution in [2.45, 2.75) is 19.8 Å². The molecular formula is C20H27IN4O2. The number of halogens is 1. The summed E-state index contributed by atoms with van der Waals surface area (Å²) in [5.74, 6) is 2.68. The van der Waals surface area contributed by atoms with Crippen LogP contribution in [0.4, 0.5) is 0 Å².